The molecule has 0 unspecified atom stereocenters. The largest absolute Gasteiger partial charge is 0.393 e. The Hall–Kier alpha value is -0.430. The molecule has 0 bridgehead atoms. The highest BCUT2D eigenvalue weighted by Crippen LogP contribution is 2.31. The Kier molecular flexibility index (Phi) is 4.35. The Morgan fingerprint density at radius 2 is 2.05 bits per heavy atom. The van der Waals surface area contributed by atoms with Crippen molar-refractivity contribution in [2.45, 2.75) is 30.8 Å². The van der Waals surface area contributed by atoms with Crippen molar-refractivity contribution in [2.75, 3.05) is 13.6 Å². The molecule has 0 atom stereocenters. The molecule has 0 heterocycles. The normalized spacial score (nSPS) is 23.4. The van der Waals surface area contributed by atoms with Gasteiger partial charge in [0.1, 0.15) is 0 Å². The molecular formula is C13H18BrNO3S. The van der Waals surface area contributed by atoms with Gasteiger partial charge in [-0.05, 0) is 59.3 Å². The van der Waals surface area contributed by atoms with Gasteiger partial charge in [0.2, 0.25) is 10.0 Å². The molecule has 0 amide bonds. The third kappa shape index (κ3) is 3.18. The fourth-order valence-corrected chi connectivity index (χ4v) is 4.69. The molecule has 0 saturated heterocycles. The SMILES string of the molecule is Cc1ccc(S(=O)(=O)N(C)CC2CC(O)C2)c(Br)c1. The molecule has 1 N–H and O–H groups in total. The van der Waals surface area contributed by atoms with Crippen LogP contribution < -0.4 is 0 Å². The maximum atomic E-state index is 12.5. The van der Waals surface area contributed by atoms with Crippen LogP contribution in [0.3, 0.4) is 0 Å². The predicted molar refractivity (Wildman–Crippen MR) is 77.4 cm³/mol. The lowest BCUT2D eigenvalue weighted by atomic mass is 9.82. The summed E-state index contributed by atoms with van der Waals surface area (Å²) in [4.78, 5) is 0.292. The van der Waals surface area contributed by atoms with E-state index in [0.29, 0.717) is 28.8 Å². The first-order valence-electron chi connectivity index (χ1n) is 6.21. The molecule has 6 heteroatoms. The van der Waals surface area contributed by atoms with E-state index in [0.717, 1.165) is 5.56 Å². The molecule has 0 aliphatic heterocycles. The molecule has 2 rings (SSSR count). The van der Waals surface area contributed by atoms with Crippen LogP contribution in [-0.2, 0) is 10.0 Å². The van der Waals surface area contributed by atoms with Crippen LogP contribution in [0.5, 0.6) is 0 Å². The van der Waals surface area contributed by atoms with E-state index in [1.807, 2.05) is 6.92 Å². The minimum absolute atomic E-state index is 0.257. The number of aliphatic hydroxyl groups excluding tert-OH is 1. The number of halogens is 1. The van der Waals surface area contributed by atoms with E-state index in [4.69, 9.17) is 0 Å². The second kappa shape index (κ2) is 5.52. The molecule has 1 aliphatic rings. The van der Waals surface area contributed by atoms with Gasteiger partial charge in [-0.2, -0.15) is 0 Å². The van der Waals surface area contributed by atoms with Crippen molar-refractivity contribution in [3.05, 3.63) is 28.2 Å². The Balaban J connectivity index is 2.16. The fourth-order valence-electron chi connectivity index (χ4n) is 2.29. The highest BCUT2D eigenvalue weighted by atomic mass is 79.9. The van der Waals surface area contributed by atoms with Gasteiger partial charge >= 0.3 is 0 Å². The third-order valence-corrected chi connectivity index (χ3v) is 6.30. The molecule has 0 spiro atoms. The van der Waals surface area contributed by atoms with Crippen LogP contribution in [0.2, 0.25) is 0 Å². The summed E-state index contributed by atoms with van der Waals surface area (Å²) in [6.07, 6.45) is 1.12. The van der Waals surface area contributed by atoms with Crippen molar-refractivity contribution in [1.29, 1.82) is 0 Å². The second-order valence-corrected chi connectivity index (χ2v) is 8.08. The van der Waals surface area contributed by atoms with Crippen LogP contribution in [0.15, 0.2) is 27.6 Å². The van der Waals surface area contributed by atoms with Crippen molar-refractivity contribution in [1.82, 2.24) is 4.31 Å². The number of aryl methyl sites for hydroxylation is 1. The number of sulfonamides is 1. The van der Waals surface area contributed by atoms with Gasteiger partial charge in [0, 0.05) is 18.1 Å². The Morgan fingerprint density at radius 3 is 2.58 bits per heavy atom. The molecule has 1 fully saturated rings. The summed E-state index contributed by atoms with van der Waals surface area (Å²) >= 11 is 3.31. The van der Waals surface area contributed by atoms with Gasteiger partial charge < -0.3 is 5.11 Å². The van der Waals surface area contributed by atoms with Crippen LogP contribution in [0.25, 0.3) is 0 Å². The van der Waals surface area contributed by atoms with E-state index >= 15 is 0 Å². The molecule has 1 aromatic rings. The van der Waals surface area contributed by atoms with Crippen molar-refractivity contribution < 1.29 is 13.5 Å². The van der Waals surface area contributed by atoms with Gasteiger partial charge in [-0.1, -0.05) is 6.07 Å². The summed E-state index contributed by atoms with van der Waals surface area (Å²) in [5.41, 5.74) is 1.01. The molecule has 1 aliphatic carbocycles. The summed E-state index contributed by atoms with van der Waals surface area (Å²) in [5, 5.41) is 9.25. The van der Waals surface area contributed by atoms with Crippen molar-refractivity contribution in [3.63, 3.8) is 0 Å². The van der Waals surface area contributed by atoms with Crippen LogP contribution in [0.1, 0.15) is 18.4 Å². The van der Waals surface area contributed by atoms with E-state index in [9.17, 15) is 13.5 Å². The van der Waals surface area contributed by atoms with Gasteiger partial charge in [0.05, 0.1) is 11.0 Å². The lowest BCUT2D eigenvalue weighted by molar-refractivity contribution is 0.0367. The zero-order chi connectivity index (χ0) is 14.2. The van der Waals surface area contributed by atoms with Crippen LogP contribution in [0, 0.1) is 12.8 Å². The first-order chi connectivity index (χ1) is 8.80. The van der Waals surface area contributed by atoms with E-state index < -0.39 is 10.0 Å². The zero-order valence-electron chi connectivity index (χ0n) is 11.0. The average Bonchev–Trinajstić information content (AvgIpc) is 2.26. The number of nitrogens with zero attached hydrogens (tertiary/aromatic N) is 1. The number of hydrogen-bond acceptors (Lipinski definition) is 3. The third-order valence-electron chi connectivity index (χ3n) is 3.50. The van der Waals surface area contributed by atoms with Gasteiger partial charge in [-0.3, -0.25) is 0 Å². The first kappa shape index (κ1) is 15.0. The molecule has 1 saturated carbocycles. The molecular weight excluding hydrogens is 330 g/mol. The quantitative estimate of drug-likeness (QED) is 0.907. The van der Waals surface area contributed by atoms with E-state index in [1.165, 1.54) is 4.31 Å². The van der Waals surface area contributed by atoms with Crippen LogP contribution >= 0.6 is 15.9 Å². The molecule has 106 valence electrons. The molecule has 1 aromatic carbocycles. The maximum absolute atomic E-state index is 12.5. The predicted octanol–water partition coefficient (Wildman–Crippen LogP) is 2.15. The lowest BCUT2D eigenvalue weighted by Crippen LogP contribution is -2.39. The van der Waals surface area contributed by atoms with Gasteiger partial charge in [0.15, 0.2) is 0 Å². The second-order valence-electron chi connectivity index (χ2n) is 5.21. The summed E-state index contributed by atoms with van der Waals surface area (Å²) in [7, 11) is -1.88. The Bertz CT molecular complexity index is 567. The number of rotatable bonds is 4. The van der Waals surface area contributed by atoms with Gasteiger partial charge in [0.25, 0.3) is 0 Å². The molecule has 4 nitrogen and oxygen atoms in total. The molecule has 0 aromatic heterocycles. The van der Waals surface area contributed by atoms with E-state index in [1.54, 1.807) is 25.2 Å². The minimum Gasteiger partial charge on any atom is -0.393 e. The summed E-state index contributed by atoms with van der Waals surface area (Å²) in [5.74, 6) is 0.263. The van der Waals surface area contributed by atoms with Crippen LogP contribution in [-0.4, -0.2) is 37.5 Å². The molecule has 19 heavy (non-hydrogen) atoms. The zero-order valence-corrected chi connectivity index (χ0v) is 13.4. The number of benzene rings is 1. The van der Waals surface area contributed by atoms with Gasteiger partial charge in [-0.15, -0.1) is 0 Å². The summed E-state index contributed by atoms with van der Waals surface area (Å²) < 4.78 is 26.9. The van der Waals surface area contributed by atoms with Crippen molar-refractivity contribution in [2.24, 2.45) is 5.92 Å². The fraction of sp³-hybridized carbons (Fsp3) is 0.538. The van der Waals surface area contributed by atoms with E-state index in [2.05, 4.69) is 15.9 Å². The number of hydrogen-bond donors (Lipinski definition) is 1. The Morgan fingerprint density at radius 1 is 1.42 bits per heavy atom. The van der Waals surface area contributed by atoms with Crippen molar-refractivity contribution in [3.8, 4) is 0 Å². The maximum Gasteiger partial charge on any atom is 0.243 e. The first-order valence-corrected chi connectivity index (χ1v) is 8.44. The highest BCUT2D eigenvalue weighted by molar-refractivity contribution is 9.10. The minimum atomic E-state index is -3.47. The summed E-state index contributed by atoms with van der Waals surface area (Å²) in [6.45, 7) is 2.38. The topological polar surface area (TPSA) is 57.6 Å². The highest BCUT2D eigenvalue weighted by Gasteiger charge is 2.32. The number of aliphatic hydroxyl groups is 1. The Labute approximate surface area is 122 Å². The summed E-state index contributed by atoms with van der Waals surface area (Å²) in [6, 6.07) is 5.22. The smallest absolute Gasteiger partial charge is 0.243 e. The molecule has 0 radical (unpaired) electrons. The lowest BCUT2D eigenvalue weighted by Gasteiger charge is -2.34. The monoisotopic (exact) mass is 347 g/mol. The average molecular weight is 348 g/mol. The van der Waals surface area contributed by atoms with Crippen molar-refractivity contribution >= 4 is 26.0 Å². The van der Waals surface area contributed by atoms with Gasteiger partial charge in [-0.25, -0.2) is 12.7 Å². The standard InChI is InChI=1S/C13H18BrNO3S/c1-9-3-4-13(12(14)5-9)19(17,18)15(2)8-10-6-11(16)7-10/h3-5,10-11,16H,6-8H2,1-2H3. The van der Waals surface area contributed by atoms with E-state index in [-0.39, 0.29) is 12.0 Å². The van der Waals surface area contributed by atoms with Crippen LogP contribution in [0.4, 0.5) is 0 Å².